The Labute approximate surface area is 72.6 Å². The summed E-state index contributed by atoms with van der Waals surface area (Å²) in [6.07, 6.45) is 5.72. The van der Waals surface area contributed by atoms with Crippen molar-refractivity contribution in [2.45, 2.75) is 26.2 Å². The zero-order valence-electron chi connectivity index (χ0n) is 6.97. The van der Waals surface area contributed by atoms with Crippen LogP contribution < -0.4 is 0 Å². The van der Waals surface area contributed by atoms with Crippen molar-refractivity contribution in [3.63, 3.8) is 0 Å². The van der Waals surface area contributed by atoms with Gasteiger partial charge in [-0.3, -0.25) is 0 Å². The number of unbranched alkanes of at least 4 members (excludes halogenated alkanes) is 1. The van der Waals surface area contributed by atoms with Crippen LogP contribution in [0.5, 0.6) is 0 Å². The van der Waals surface area contributed by atoms with E-state index in [9.17, 15) is 0 Å². The molecule has 0 aromatic carbocycles. The third-order valence-electron chi connectivity index (χ3n) is 1.77. The molecule has 11 heavy (non-hydrogen) atoms. The lowest BCUT2D eigenvalue weighted by Crippen LogP contribution is -1.82. The van der Waals surface area contributed by atoms with Gasteiger partial charge in [0.15, 0.2) is 0 Å². The van der Waals surface area contributed by atoms with Crippen LogP contribution in [0.2, 0.25) is 0 Å². The Hall–Kier alpha value is -0.560. The van der Waals surface area contributed by atoms with Crippen molar-refractivity contribution in [3.05, 3.63) is 28.5 Å². The topological polar surface area (TPSA) is 0 Å². The summed E-state index contributed by atoms with van der Waals surface area (Å²) < 4.78 is 0. The van der Waals surface area contributed by atoms with Crippen LogP contribution in [0.15, 0.2) is 18.0 Å². The van der Waals surface area contributed by atoms with Crippen molar-refractivity contribution in [1.82, 2.24) is 0 Å². The Kier molecular flexibility index (Phi) is 3.37. The summed E-state index contributed by atoms with van der Waals surface area (Å²) in [6, 6.07) is 2.21. The Balaban J connectivity index is 2.61. The van der Waals surface area contributed by atoms with Gasteiger partial charge in [-0.1, -0.05) is 26.0 Å². The molecule has 1 aromatic heterocycles. The Bertz CT molecular complexity index is 223. The second-order valence-electron chi connectivity index (χ2n) is 2.62. The summed E-state index contributed by atoms with van der Waals surface area (Å²) in [5.74, 6) is 0. The van der Waals surface area contributed by atoms with Gasteiger partial charge in [-0.15, -0.1) is 11.3 Å². The van der Waals surface area contributed by atoms with Crippen molar-refractivity contribution < 1.29 is 0 Å². The quantitative estimate of drug-likeness (QED) is 0.639. The minimum atomic E-state index is 1.21. The first-order chi connectivity index (χ1) is 5.38. The molecule has 0 bridgehead atoms. The fourth-order valence-electron chi connectivity index (χ4n) is 1.10. The van der Waals surface area contributed by atoms with Gasteiger partial charge < -0.3 is 0 Å². The van der Waals surface area contributed by atoms with Crippen LogP contribution in [-0.4, -0.2) is 0 Å². The number of rotatable bonds is 4. The van der Waals surface area contributed by atoms with E-state index >= 15 is 0 Å². The Morgan fingerprint density at radius 1 is 1.64 bits per heavy atom. The van der Waals surface area contributed by atoms with Gasteiger partial charge in [0, 0.05) is 4.88 Å². The van der Waals surface area contributed by atoms with Gasteiger partial charge in [-0.25, -0.2) is 0 Å². The third-order valence-corrected chi connectivity index (χ3v) is 2.72. The first-order valence-electron chi connectivity index (χ1n) is 4.07. The molecule has 0 atom stereocenters. The average molecular weight is 166 g/mol. The minimum Gasteiger partial charge on any atom is -0.144 e. The zero-order chi connectivity index (χ0) is 8.10. The molecular formula is C10H14S. The van der Waals surface area contributed by atoms with Gasteiger partial charge >= 0.3 is 0 Å². The lowest BCUT2D eigenvalue weighted by molar-refractivity contribution is 0.796. The SMILES string of the molecule is C=Cc1sccc1CCCC. The summed E-state index contributed by atoms with van der Waals surface area (Å²) in [5.41, 5.74) is 1.46. The summed E-state index contributed by atoms with van der Waals surface area (Å²) in [6.45, 7) is 6.00. The highest BCUT2D eigenvalue weighted by molar-refractivity contribution is 7.11. The van der Waals surface area contributed by atoms with Crippen LogP contribution in [-0.2, 0) is 6.42 Å². The summed E-state index contributed by atoms with van der Waals surface area (Å²) in [5, 5.41) is 2.14. The van der Waals surface area contributed by atoms with Crippen LogP contribution in [0.1, 0.15) is 30.2 Å². The summed E-state index contributed by atoms with van der Waals surface area (Å²) in [7, 11) is 0. The smallest absolute Gasteiger partial charge is 0.0296 e. The minimum absolute atomic E-state index is 1.21. The van der Waals surface area contributed by atoms with E-state index in [0.717, 1.165) is 0 Å². The van der Waals surface area contributed by atoms with E-state index in [-0.39, 0.29) is 0 Å². The lowest BCUT2D eigenvalue weighted by atomic mass is 10.1. The molecule has 0 aliphatic rings. The molecule has 0 fully saturated rings. The van der Waals surface area contributed by atoms with Gasteiger partial charge in [0.05, 0.1) is 0 Å². The second-order valence-corrected chi connectivity index (χ2v) is 3.57. The highest BCUT2D eigenvalue weighted by atomic mass is 32.1. The summed E-state index contributed by atoms with van der Waals surface area (Å²) in [4.78, 5) is 1.35. The first-order valence-corrected chi connectivity index (χ1v) is 4.95. The number of aryl methyl sites for hydroxylation is 1. The molecule has 0 nitrogen and oxygen atoms in total. The molecule has 0 aliphatic carbocycles. The molecule has 0 amide bonds. The molecule has 0 aliphatic heterocycles. The van der Waals surface area contributed by atoms with Crippen molar-refractivity contribution in [1.29, 1.82) is 0 Å². The van der Waals surface area contributed by atoms with Crippen LogP contribution in [0.3, 0.4) is 0 Å². The first kappa shape index (κ1) is 8.54. The molecule has 1 aromatic rings. The molecule has 0 saturated heterocycles. The Morgan fingerprint density at radius 3 is 3.09 bits per heavy atom. The van der Waals surface area contributed by atoms with Crippen LogP contribution >= 0.6 is 11.3 Å². The average Bonchev–Trinajstić information content (AvgIpc) is 2.47. The van der Waals surface area contributed by atoms with Gasteiger partial charge in [0.25, 0.3) is 0 Å². The van der Waals surface area contributed by atoms with Crippen LogP contribution in [0.4, 0.5) is 0 Å². The molecule has 0 radical (unpaired) electrons. The van der Waals surface area contributed by atoms with E-state index in [1.54, 1.807) is 11.3 Å². The van der Waals surface area contributed by atoms with E-state index in [4.69, 9.17) is 0 Å². The molecule has 60 valence electrons. The Morgan fingerprint density at radius 2 is 2.45 bits per heavy atom. The maximum atomic E-state index is 3.78. The van der Waals surface area contributed by atoms with E-state index in [1.807, 2.05) is 6.08 Å². The van der Waals surface area contributed by atoms with Gasteiger partial charge in [-0.05, 0) is 29.9 Å². The maximum Gasteiger partial charge on any atom is 0.0296 e. The molecule has 0 spiro atoms. The third kappa shape index (κ3) is 2.19. The largest absolute Gasteiger partial charge is 0.144 e. The number of thiophene rings is 1. The van der Waals surface area contributed by atoms with E-state index < -0.39 is 0 Å². The normalized spacial score (nSPS) is 9.91. The van der Waals surface area contributed by atoms with Crippen molar-refractivity contribution >= 4 is 17.4 Å². The van der Waals surface area contributed by atoms with E-state index in [0.29, 0.717) is 0 Å². The molecule has 1 heteroatoms. The lowest BCUT2D eigenvalue weighted by Gasteiger charge is -1.96. The van der Waals surface area contributed by atoms with Gasteiger partial charge in [0.1, 0.15) is 0 Å². The molecule has 0 unspecified atom stereocenters. The highest BCUT2D eigenvalue weighted by Gasteiger charge is 1.98. The van der Waals surface area contributed by atoms with Crippen molar-refractivity contribution in [2.75, 3.05) is 0 Å². The van der Waals surface area contributed by atoms with Gasteiger partial charge in [0.2, 0.25) is 0 Å². The monoisotopic (exact) mass is 166 g/mol. The van der Waals surface area contributed by atoms with E-state index in [2.05, 4.69) is 24.9 Å². The number of hydrogen-bond donors (Lipinski definition) is 0. The van der Waals surface area contributed by atoms with Crippen LogP contribution in [0.25, 0.3) is 6.08 Å². The predicted octanol–water partition coefficient (Wildman–Crippen LogP) is 3.73. The fraction of sp³-hybridized carbons (Fsp3) is 0.400. The molecular weight excluding hydrogens is 152 g/mol. The predicted molar refractivity (Wildman–Crippen MR) is 53.0 cm³/mol. The van der Waals surface area contributed by atoms with Crippen LogP contribution in [0, 0.1) is 0 Å². The zero-order valence-corrected chi connectivity index (χ0v) is 7.79. The number of hydrogen-bond acceptors (Lipinski definition) is 1. The highest BCUT2D eigenvalue weighted by Crippen LogP contribution is 2.19. The van der Waals surface area contributed by atoms with Crippen molar-refractivity contribution in [3.8, 4) is 0 Å². The van der Waals surface area contributed by atoms with E-state index in [1.165, 1.54) is 29.7 Å². The molecule has 0 N–H and O–H groups in total. The maximum absolute atomic E-state index is 3.78. The van der Waals surface area contributed by atoms with Crippen molar-refractivity contribution in [2.24, 2.45) is 0 Å². The molecule has 1 heterocycles. The second kappa shape index (κ2) is 4.35. The summed E-state index contributed by atoms with van der Waals surface area (Å²) >= 11 is 1.78. The molecule has 0 saturated carbocycles. The van der Waals surface area contributed by atoms with Gasteiger partial charge in [-0.2, -0.15) is 0 Å². The molecule has 1 rings (SSSR count). The standard InChI is InChI=1S/C10H14S/c1-3-5-6-9-7-8-11-10(9)4-2/h4,7-8H,2-3,5-6H2,1H3. The fourth-order valence-corrected chi connectivity index (χ4v) is 1.90.